The van der Waals surface area contributed by atoms with Crippen LogP contribution >= 0.6 is 33.9 Å². The summed E-state index contributed by atoms with van der Waals surface area (Å²) in [6.07, 6.45) is 0. The molecule has 0 spiro atoms. The summed E-state index contributed by atoms with van der Waals surface area (Å²) in [7, 11) is 3.38. The van der Waals surface area contributed by atoms with Crippen LogP contribution in [0.5, 0.6) is 11.5 Å². The molecule has 0 amide bonds. The minimum atomic E-state index is 0.116. The van der Waals surface area contributed by atoms with Crippen molar-refractivity contribution >= 4 is 33.9 Å². The molecule has 0 bridgehead atoms. The van der Waals surface area contributed by atoms with E-state index in [0.717, 1.165) is 23.6 Å². The minimum Gasteiger partial charge on any atom is -0.497 e. The van der Waals surface area contributed by atoms with Gasteiger partial charge >= 0.3 is 0 Å². The molecule has 0 aliphatic heterocycles. The largest absolute Gasteiger partial charge is 0.497 e. The third-order valence-electron chi connectivity index (χ3n) is 3.08. The number of thiophene rings is 1. The van der Waals surface area contributed by atoms with Crippen LogP contribution in [0.15, 0.2) is 29.6 Å². The summed E-state index contributed by atoms with van der Waals surface area (Å²) in [6.45, 7) is 2.99. The van der Waals surface area contributed by atoms with Crippen molar-refractivity contribution in [2.75, 3.05) is 20.8 Å². The Morgan fingerprint density at radius 2 is 2.05 bits per heavy atom. The molecule has 0 aliphatic rings. The first-order chi connectivity index (χ1) is 9.69. The second kappa shape index (κ2) is 7.28. The Morgan fingerprint density at radius 1 is 1.25 bits per heavy atom. The van der Waals surface area contributed by atoms with Crippen molar-refractivity contribution in [2.45, 2.75) is 13.0 Å². The molecule has 1 atom stereocenters. The van der Waals surface area contributed by atoms with Gasteiger partial charge in [0.05, 0.1) is 23.1 Å². The molecule has 0 aliphatic carbocycles. The molecule has 2 aromatic rings. The molecule has 0 fully saturated rings. The Morgan fingerprint density at radius 3 is 2.60 bits per heavy atom. The SMILES string of the molecule is CCNC(c1csc(I)c1)c1cc(OC)ccc1OC. The van der Waals surface area contributed by atoms with Crippen molar-refractivity contribution in [1.82, 2.24) is 5.32 Å². The van der Waals surface area contributed by atoms with Gasteiger partial charge in [0.2, 0.25) is 0 Å². The van der Waals surface area contributed by atoms with Crippen LogP contribution < -0.4 is 14.8 Å². The van der Waals surface area contributed by atoms with Crippen molar-refractivity contribution in [2.24, 2.45) is 0 Å². The Kier molecular flexibility index (Phi) is 5.68. The van der Waals surface area contributed by atoms with Gasteiger partial charge in [0.15, 0.2) is 0 Å². The van der Waals surface area contributed by atoms with Crippen molar-refractivity contribution in [3.8, 4) is 11.5 Å². The molecule has 1 aromatic carbocycles. The summed E-state index contributed by atoms with van der Waals surface area (Å²) in [5.74, 6) is 1.71. The highest BCUT2D eigenvalue weighted by Crippen LogP contribution is 2.35. The van der Waals surface area contributed by atoms with Crippen LogP contribution in [0.25, 0.3) is 0 Å². The van der Waals surface area contributed by atoms with Crippen LogP contribution in [0, 0.1) is 2.88 Å². The van der Waals surface area contributed by atoms with Crippen molar-refractivity contribution in [1.29, 1.82) is 0 Å². The van der Waals surface area contributed by atoms with E-state index < -0.39 is 0 Å². The molecular weight excluding hydrogens is 385 g/mol. The third kappa shape index (κ3) is 3.45. The first-order valence-corrected chi connectivity index (χ1v) is 8.34. The second-order valence-electron chi connectivity index (χ2n) is 4.28. The number of halogens is 1. The zero-order chi connectivity index (χ0) is 14.5. The molecule has 1 unspecified atom stereocenters. The molecule has 108 valence electrons. The van der Waals surface area contributed by atoms with Crippen LogP contribution in [-0.4, -0.2) is 20.8 Å². The van der Waals surface area contributed by atoms with E-state index in [4.69, 9.17) is 9.47 Å². The van der Waals surface area contributed by atoms with E-state index in [9.17, 15) is 0 Å². The average Bonchev–Trinajstić information content (AvgIpc) is 2.90. The van der Waals surface area contributed by atoms with Crippen LogP contribution in [0.2, 0.25) is 0 Å². The number of hydrogen-bond donors (Lipinski definition) is 1. The maximum Gasteiger partial charge on any atom is 0.124 e. The van der Waals surface area contributed by atoms with Crippen molar-refractivity contribution in [3.05, 3.63) is 43.7 Å². The van der Waals surface area contributed by atoms with Crippen LogP contribution in [0.3, 0.4) is 0 Å². The quantitative estimate of drug-likeness (QED) is 0.738. The van der Waals surface area contributed by atoms with Gasteiger partial charge in [0.1, 0.15) is 11.5 Å². The summed E-state index contributed by atoms with van der Waals surface area (Å²) in [5, 5.41) is 5.71. The highest BCUT2D eigenvalue weighted by Gasteiger charge is 2.19. The van der Waals surface area contributed by atoms with E-state index in [-0.39, 0.29) is 6.04 Å². The van der Waals surface area contributed by atoms with Crippen molar-refractivity contribution in [3.63, 3.8) is 0 Å². The number of benzene rings is 1. The fraction of sp³-hybridized carbons (Fsp3) is 0.333. The maximum absolute atomic E-state index is 5.51. The standard InChI is InChI=1S/C15H18INO2S/c1-4-17-15(10-7-14(16)20-9-10)12-8-11(18-2)5-6-13(12)19-3/h5-9,15,17H,4H2,1-3H3. The maximum atomic E-state index is 5.51. The van der Waals surface area contributed by atoms with Gasteiger partial charge in [0, 0.05) is 5.56 Å². The monoisotopic (exact) mass is 403 g/mol. The zero-order valence-electron chi connectivity index (χ0n) is 11.8. The summed E-state index contributed by atoms with van der Waals surface area (Å²) in [6, 6.07) is 8.23. The van der Waals surface area contributed by atoms with Gasteiger partial charge in [-0.3, -0.25) is 0 Å². The number of methoxy groups -OCH3 is 2. The Balaban J connectivity index is 2.47. The fourth-order valence-electron chi connectivity index (χ4n) is 2.15. The Hall–Kier alpha value is -0.790. The first-order valence-electron chi connectivity index (χ1n) is 6.38. The summed E-state index contributed by atoms with van der Waals surface area (Å²) in [5.41, 5.74) is 2.36. The predicted octanol–water partition coefficient (Wildman–Crippen LogP) is 4.07. The van der Waals surface area contributed by atoms with E-state index >= 15 is 0 Å². The van der Waals surface area contributed by atoms with Crippen LogP contribution in [-0.2, 0) is 0 Å². The smallest absolute Gasteiger partial charge is 0.124 e. The van der Waals surface area contributed by atoms with Gasteiger partial charge < -0.3 is 14.8 Å². The van der Waals surface area contributed by atoms with E-state index in [1.807, 2.05) is 18.2 Å². The summed E-state index contributed by atoms with van der Waals surface area (Å²) >= 11 is 4.10. The van der Waals surface area contributed by atoms with E-state index in [1.54, 1.807) is 25.6 Å². The van der Waals surface area contributed by atoms with Gasteiger partial charge in [-0.2, -0.15) is 0 Å². The topological polar surface area (TPSA) is 30.5 Å². The number of ether oxygens (including phenoxy) is 2. The number of rotatable bonds is 6. The first kappa shape index (κ1) is 15.6. The average molecular weight is 403 g/mol. The van der Waals surface area contributed by atoms with Gasteiger partial charge in [-0.25, -0.2) is 0 Å². The van der Waals surface area contributed by atoms with Crippen molar-refractivity contribution < 1.29 is 9.47 Å². The molecule has 0 radical (unpaired) electrons. The summed E-state index contributed by atoms with van der Waals surface area (Å²) in [4.78, 5) is 0. The summed E-state index contributed by atoms with van der Waals surface area (Å²) < 4.78 is 12.1. The minimum absolute atomic E-state index is 0.116. The Labute approximate surface area is 137 Å². The number of hydrogen-bond acceptors (Lipinski definition) is 4. The third-order valence-corrected chi connectivity index (χ3v) is 4.88. The normalized spacial score (nSPS) is 12.2. The van der Waals surface area contributed by atoms with Gasteiger partial charge in [-0.1, -0.05) is 6.92 Å². The second-order valence-corrected chi connectivity index (χ2v) is 7.09. The van der Waals surface area contributed by atoms with E-state index in [2.05, 4.69) is 46.3 Å². The fourth-order valence-corrected chi connectivity index (χ4v) is 3.55. The molecule has 1 heterocycles. The molecule has 0 saturated heterocycles. The van der Waals surface area contributed by atoms with E-state index in [1.165, 1.54) is 8.45 Å². The van der Waals surface area contributed by atoms with E-state index in [0.29, 0.717) is 0 Å². The molecule has 20 heavy (non-hydrogen) atoms. The Bertz CT molecular complexity index is 571. The molecule has 3 nitrogen and oxygen atoms in total. The number of nitrogens with one attached hydrogen (secondary N) is 1. The molecule has 1 N–H and O–H groups in total. The zero-order valence-corrected chi connectivity index (χ0v) is 14.7. The van der Waals surface area contributed by atoms with Crippen LogP contribution in [0.4, 0.5) is 0 Å². The molecule has 5 heteroatoms. The van der Waals surface area contributed by atoms with Crippen LogP contribution in [0.1, 0.15) is 24.1 Å². The molecule has 2 rings (SSSR count). The lowest BCUT2D eigenvalue weighted by Crippen LogP contribution is -2.22. The predicted molar refractivity (Wildman–Crippen MR) is 92.1 cm³/mol. The lowest BCUT2D eigenvalue weighted by molar-refractivity contribution is 0.394. The van der Waals surface area contributed by atoms with Gasteiger partial charge in [0.25, 0.3) is 0 Å². The van der Waals surface area contributed by atoms with Gasteiger partial charge in [-0.05, 0) is 64.3 Å². The highest BCUT2D eigenvalue weighted by molar-refractivity contribution is 14.1. The highest BCUT2D eigenvalue weighted by atomic mass is 127. The van der Waals surface area contributed by atoms with Gasteiger partial charge in [-0.15, -0.1) is 11.3 Å². The lowest BCUT2D eigenvalue weighted by Gasteiger charge is -2.20. The molecule has 1 aromatic heterocycles. The molecular formula is C15H18INO2S. The molecule has 0 saturated carbocycles. The lowest BCUT2D eigenvalue weighted by atomic mass is 10.00.